The molecule has 0 unspecified atom stereocenters. The fraction of sp³-hybridized carbons (Fsp3) is 0.364. The first-order valence-electron chi connectivity index (χ1n) is 10.0. The monoisotopic (exact) mass is 409 g/mol. The van der Waals surface area contributed by atoms with Crippen molar-refractivity contribution in [1.82, 2.24) is 15.0 Å². The number of fused-ring (bicyclic) bond motifs is 1. The van der Waals surface area contributed by atoms with Crippen molar-refractivity contribution in [2.24, 2.45) is 0 Å². The second-order valence-electron chi connectivity index (χ2n) is 7.53. The van der Waals surface area contributed by atoms with Gasteiger partial charge in [0.15, 0.2) is 0 Å². The molecule has 0 radical (unpaired) electrons. The molecular weight excluding hydrogens is 382 g/mol. The number of phenols is 1. The van der Waals surface area contributed by atoms with Crippen molar-refractivity contribution in [3.63, 3.8) is 0 Å². The Morgan fingerprint density at radius 3 is 2.43 bits per heavy atom. The summed E-state index contributed by atoms with van der Waals surface area (Å²) in [5.74, 6) is -0.430. The van der Waals surface area contributed by atoms with Crippen molar-refractivity contribution in [2.75, 3.05) is 11.1 Å². The molecule has 0 aliphatic heterocycles. The lowest BCUT2D eigenvalue weighted by Gasteiger charge is -2.22. The highest BCUT2D eigenvalue weighted by Gasteiger charge is 2.18. The maximum Gasteiger partial charge on any atom is 0.339 e. The minimum Gasteiger partial charge on any atom is -0.507 e. The van der Waals surface area contributed by atoms with Gasteiger partial charge in [-0.2, -0.15) is 0 Å². The molecule has 8 heteroatoms. The first kappa shape index (κ1) is 21.3. The third kappa shape index (κ3) is 4.94. The standard InChI is InChI=1S/C11H17N3.C11H10N2O3/c1-9-7-12-11(13-8-9)14-10-5-3-2-4-6-10;1-5-8(11(15)16)10(12)9-6(13-5)3-2-4-7(9)14/h7-8,10H,2-6H2,1H3,(H,12,13,14);2-4,14H,1H3,(H2,12,13)(H,15,16). The fourth-order valence-corrected chi connectivity index (χ4v) is 3.62. The van der Waals surface area contributed by atoms with Gasteiger partial charge in [0.2, 0.25) is 5.95 Å². The largest absolute Gasteiger partial charge is 0.507 e. The van der Waals surface area contributed by atoms with Crippen LogP contribution in [0.25, 0.3) is 10.9 Å². The van der Waals surface area contributed by atoms with Gasteiger partial charge in [0, 0.05) is 18.4 Å². The number of nitrogens with one attached hydrogen (secondary N) is 1. The van der Waals surface area contributed by atoms with Crippen molar-refractivity contribution in [2.45, 2.75) is 52.0 Å². The normalized spacial score (nSPS) is 14.1. The number of nitrogens with two attached hydrogens (primary N) is 1. The summed E-state index contributed by atoms with van der Waals surface area (Å²) in [6, 6.07) is 5.33. The van der Waals surface area contributed by atoms with Crippen molar-refractivity contribution >= 4 is 28.5 Å². The van der Waals surface area contributed by atoms with E-state index in [-0.39, 0.29) is 22.4 Å². The van der Waals surface area contributed by atoms with E-state index in [1.807, 2.05) is 19.3 Å². The Balaban J connectivity index is 0.000000172. The minimum absolute atomic E-state index is 0.0492. The maximum absolute atomic E-state index is 11.0. The Labute approximate surface area is 175 Å². The summed E-state index contributed by atoms with van der Waals surface area (Å²) in [7, 11) is 0. The van der Waals surface area contributed by atoms with Crippen molar-refractivity contribution < 1.29 is 15.0 Å². The first-order valence-corrected chi connectivity index (χ1v) is 10.0. The average molecular weight is 409 g/mol. The first-order chi connectivity index (χ1) is 14.4. The molecule has 1 saturated carbocycles. The summed E-state index contributed by atoms with van der Waals surface area (Å²) >= 11 is 0. The summed E-state index contributed by atoms with van der Waals surface area (Å²) in [5.41, 5.74) is 7.66. The van der Waals surface area contributed by atoms with E-state index in [0.29, 0.717) is 17.3 Å². The third-order valence-corrected chi connectivity index (χ3v) is 5.14. The van der Waals surface area contributed by atoms with Crippen LogP contribution in [0.4, 0.5) is 11.6 Å². The zero-order valence-corrected chi connectivity index (χ0v) is 17.2. The molecule has 0 amide bonds. The third-order valence-electron chi connectivity index (χ3n) is 5.14. The number of phenolic OH excluding ortho intramolecular Hbond substituents is 1. The summed E-state index contributed by atoms with van der Waals surface area (Å²) in [6.07, 6.45) is 10.3. The predicted octanol–water partition coefficient (Wildman–Crippen LogP) is 4.06. The van der Waals surface area contributed by atoms with Gasteiger partial charge in [-0.25, -0.2) is 14.8 Å². The molecule has 158 valence electrons. The van der Waals surface area contributed by atoms with Gasteiger partial charge >= 0.3 is 5.97 Å². The minimum atomic E-state index is -1.15. The van der Waals surface area contributed by atoms with Crippen LogP contribution in [0.2, 0.25) is 0 Å². The molecule has 3 aromatic rings. The zero-order valence-electron chi connectivity index (χ0n) is 17.2. The van der Waals surface area contributed by atoms with Gasteiger partial charge in [-0.3, -0.25) is 4.98 Å². The lowest BCUT2D eigenvalue weighted by Crippen LogP contribution is -2.23. The van der Waals surface area contributed by atoms with Gasteiger partial charge in [-0.1, -0.05) is 25.3 Å². The molecule has 0 saturated heterocycles. The SMILES string of the molecule is Cc1cnc(NC2CCCCC2)nc1.Cc1nc2cccc(O)c2c(N)c1C(=O)O. The van der Waals surface area contributed by atoms with Gasteiger partial charge in [0.1, 0.15) is 11.3 Å². The fourth-order valence-electron chi connectivity index (χ4n) is 3.62. The van der Waals surface area contributed by atoms with E-state index in [4.69, 9.17) is 10.8 Å². The molecule has 4 rings (SSSR count). The van der Waals surface area contributed by atoms with Crippen molar-refractivity contribution in [3.8, 4) is 5.75 Å². The van der Waals surface area contributed by atoms with Crippen LogP contribution in [0, 0.1) is 13.8 Å². The molecule has 1 aliphatic rings. The second kappa shape index (κ2) is 9.39. The number of aromatic nitrogens is 3. The Morgan fingerprint density at radius 2 is 1.80 bits per heavy atom. The molecular formula is C22H27N5O3. The number of benzene rings is 1. The average Bonchev–Trinajstić information content (AvgIpc) is 2.70. The van der Waals surface area contributed by atoms with Crippen molar-refractivity contribution in [3.05, 3.63) is 47.4 Å². The van der Waals surface area contributed by atoms with E-state index in [0.717, 1.165) is 11.5 Å². The number of aromatic carboxylic acids is 1. The van der Waals surface area contributed by atoms with Gasteiger partial charge in [-0.15, -0.1) is 0 Å². The highest BCUT2D eigenvalue weighted by atomic mass is 16.4. The number of carboxylic acids is 1. The van der Waals surface area contributed by atoms with E-state index in [1.165, 1.54) is 38.2 Å². The lowest BCUT2D eigenvalue weighted by molar-refractivity contribution is 0.0697. The number of carboxylic acid groups (broad SMARTS) is 1. The highest BCUT2D eigenvalue weighted by molar-refractivity contribution is 6.06. The van der Waals surface area contributed by atoms with Gasteiger partial charge in [-0.05, 0) is 44.4 Å². The Bertz CT molecular complexity index is 1030. The van der Waals surface area contributed by atoms with E-state index < -0.39 is 5.97 Å². The summed E-state index contributed by atoms with van der Waals surface area (Å²) in [4.78, 5) is 23.6. The number of aryl methyl sites for hydroxylation is 2. The zero-order chi connectivity index (χ0) is 21.7. The van der Waals surface area contributed by atoms with Crippen LogP contribution in [0.15, 0.2) is 30.6 Å². The molecule has 0 spiro atoms. The Hall–Kier alpha value is -3.42. The van der Waals surface area contributed by atoms with Crippen LogP contribution in [-0.4, -0.2) is 37.2 Å². The maximum atomic E-state index is 11.0. The van der Waals surface area contributed by atoms with Crippen LogP contribution in [0.3, 0.4) is 0 Å². The number of pyridine rings is 1. The number of carbonyl (C=O) groups is 1. The van der Waals surface area contributed by atoms with Crippen LogP contribution in [-0.2, 0) is 0 Å². The van der Waals surface area contributed by atoms with Gasteiger partial charge < -0.3 is 21.3 Å². The lowest BCUT2D eigenvalue weighted by atomic mass is 9.96. The number of anilines is 2. The Kier molecular flexibility index (Phi) is 6.66. The molecule has 1 fully saturated rings. The van der Waals surface area contributed by atoms with Crippen molar-refractivity contribution in [1.29, 1.82) is 0 Å². The molecule has 8 nitrogen and oxygen atoms in total. The van der Waals surface area contributed by atoms with Crippen LogP contribution >= 0.6 is 0 Å². The smallest absolute Gasteiger partial charge is 0.339 e. The second-order valence-corrected chi connectivity index (χ2v) is 7.53. The number of nitrogen functional groups attached to an aromatic ring is 1. The van der Waals surface area contributed by atoms with E-state index in [2.05, 4.69) is 20.3 Å². The van der Waals surface area contributed by atoms with E-state index in [1.54, 1.807) is 19.1 Å². The highest BCUT2D eigenvalue weighted by Crippen LogP contribution is 2.32. The molecule has 0 atom stereocenters. The van der Waals surface area contributed by atoms with Crippen LogP contribution in [0.5, 0.6) is 5.75 Å². The number of nitrogens with zero attached hydrogens (tertiary/aromatic N) is 3. The number of hydrogen-bond donors (Lipinski definition) is 4. The molecule has 1 aliphatic carbocycles. The summed E-state index contributed by atoms with van der Waals surface area (Å²) in [6.45, 7) is 3.58. The van der Waals surface area contributed by atoms with Gasteiger partial charge in [0.25, 0.3) is 0 Å². The van der Waals surface area contributed by atoms with Crippen LogP contribution in [0.1, 0.15) is 53.7 Å². The molecule has 2 aromatic heterocycles. The number of aromatic hydroxyl groups is 1. The summed E-state index contributed by atoms with van der Waals surface area (Å²) < 4.78 is 0. The number of rotatable bonds is 3. The van der Waals surface area contributed by atoms with Crippen LogP contribution < -0.4 is 11.1 Å². The molecule has 0 bridgehead atoms. The predicted molar refractivity (Wildman–Crippen MR) is 117 cm³/mol. The van der Waals surface area contributed by atoms with E-state index >= 15 is 0 Å². The Morgan fingerprint density at radius 1 is 1.13 bits per heavy atom. The molecule has 2 heterocycles. The van der Waals surface area contributed by atoms with Gasteiger partial charge in [0.05, 0.1) is 22.3 Å². The molecule has 1 aromatic carbocycles. The molecule has 30 heavy (non-hydrogen) atoms. The summed E-state index contributed by atoms with van der Waals surface area (Å²) in [5, 5.41) is 22.3. The number of hydrogen-bond acceptors (Lipinski definition) is 7. The molecule has 5 N–H and O–H groups in total. The van der Waals surface area contributed by atoms with E-state index in [9.17, 15) is 9.90 Å². The quantitative estimate of drug-likeness (QED) is 0.509. The topological polar surface area (TPSA) is 134 Å².